The van der Waals surface area contributed by atoms with Crippen LogP contribution in [0.5, 0.6) is 0 Å². The summed E-state index contributed by atoms with van der Waals surface area (Å²) in [6.45, 7) is 0.194. The lowest BCUT2D eigenvalue weighted by atomic mass is 10.0. The van der Waals surface area contributed by atoms with Crippen LogP contribution in [0, 0.1) is 0 Å². The fourth-order valence-corrected chi connectivity index (χ4v) is 3.62. The van der Waals surface area contributed by atoms with E-state index in [1.165, 1.54) is 0 Å². The molecule has 3 rings (SSSR count). The van der Waals surface area contributed by atoms with Crippen molar-refractivity contribution in [3.8, 4) is 0 Å². The van der Waals surface area contributed by atoms with Gasteiger partial charge in [-0.05, 0) is 22.0 Å². The number of thiophene rings is 1. The third kappa shape index (κ3) is 2.24. The molecule has 0 aliphatic carbocycles. The topological polar surface area (TPSA) is 32.7 Å². The smallest absolute Gasteiger partial charge is 0.249 e. The van der Waals surface area contributed by atoms with Crippen molar-refractivity contribution in [3.63, 3.8) is 0 Å². The molecule has 1 aromatic heterocycles. The summed E-state index contributed by atoms with van der Waals surface area (Å²) in [5.74, 6) is 0.0153. The molecule has 0 radical (unpaired) electrons. The van der Waals surface area contributed by atoms with Gasteiger partial charge < -0.3 is 4.90 Å². The molecule has 96 valence electrons. The number of fused-ring (bicyclic) bond motifs is 1. The van der Waals surface area contributed by atoms with Crippen LogP contribution in [0.1, 0.15) is 11.1 Å². The van der Waals surface area contributed by atoms with Crippen LogP contribution in [0.4, 0.5) is 5.00 Å². The van der Waals surface area contributed by atoms with E-state index in [0.29, 0.717) is 0 Å². The molecule has 3 nitrogen and oxygen atoms in total. The Morgan fingerprint density at radius 3 is 2.79 bits per heavy atom. The highest BCUT2D eigenvalue weighted by Gasteiger charge is 2.24. The second-order valence-corrected chi connectivity index (χ2v) is 6.66. The van der Waals surface area contributed by atoms with Crippen LogP contribution in [0.3, 0.4) is 0 Å². The number of halogens is 1. The number of carbonyl (C=O) groups is 1. The number of benzene rings is 1. The lowest BCUT2D eigenvalue weighted by molar-refractivity contribution is -0.116. The van der Waals surface area contributed by atoms with Crippen molar-refractivity contribution >= 4 is 43.9 Å². The number of amides is 1. The highest BCUT2D eigenvalue weighted by atomic mass is 79.9. The number of hydrogen-bond acceptors (Lipinski definition) is 3. The summed E-state index contributed by atoms with van der Waals surface area (Å²) >= 11 is 5.05. The Labute approximate surface area is 123 Å². The zero-order chi connectivity index (χ0) is 13.4. The summed E-state index contributed by atoms with van der Waals surface area (Å²) < 4.78 is 1.00. The van der Waals surface area contributed by atoms with Gasteiger partial charge in [0, 0.05) is 18.2 Å². The number of nitrogens with zero attached hydrogens (tertiary/aromatic N) is 2. The standard InChI is InChI=1S/C14H11BrN2OS/c1-17-12(18)8-16-13(9-5-3-2-4-6-9)10-7-11(15)19-14(10)17/h2-7H,8H2,1H3. The van der Waals surface area contributed by atoms with Gasteiger partial charge in [-0.1, -0.05) is 30.3 Å². The molecule has 0 saturated heterocycles. The van der Waals surface area contributed by atoms with E-state index in [9.17, 15) is 4.79 Å². The van der Waals surface area contributed by atoms with Gasteiger partial charge >= 0.3 is 0 Å². The highest BCUT2D eigenvalue weighted by Crippen LogP contribution is 2.37. The van der Waals surface area contributed by atoms with E-state index >= 15 is 0 Å². The first-order valence-electron chi connectivity index (χ1n) is 5.83. The zero-order valence-electron chi connectivity index (χ0n) is 10.3. The molecule has 5 heteroatoms. The molecule has 1 aliphatic rings. The van der Waals surface area contributed by atoms with E-state index < -0.39 is 0 Å². The molecule has 0 fully saturated rings. The van der Waals surface area contributed by atoms with Gasteiger partial charge in [0.15, 0.2) is 0 Å². The Balaban J connectivity index is 2.20. The van der Waals surface area contributed by atoms with E-state index in [0.717, 1.165) is 25.6 Å². The predicted molar refractivity (Wildman–Crippen MR) is 82.4 cm³/mol. The van der Waals surface area contributed by atoms with Gasteiger partial charge in [0.25, 0.3) is 0 Å². The van der Waals surface area contributed by atoms with Crippen molar-refractivity contribution in [1.29, 1.82) is 0 Å². The number of rotatable bonds is 1. The molecule has 0 atom stereocenters. The van der Waals surface area contributed by atoms with Gasteiger partial charge in [-0.25, -0.2) is 0 Å². The quantitative estimate of drug-likeness (QED) is 0.787. The average molecular weight is 335 g/mol. The Hall–Kier alpha value is -1.46. The maximum atomic E-state index is 12.0. The molecule has 0 spiro atoms. The molecule has 0 N–H and O–H groups in total. The molecule has 0 bridgehead atoms. The van der Waals surface area contributed by atoms with Crippen molar-refractivity contribution in [2.24, 2.45) is 4.99 Å². The molecule has 19 heavy (non-hydrogen) atoms. The number of hydrogen-bond donors (Lipinski definition) is 0. The van der Waals surface area contributed by atoms with E-state index in [-0.39, 0.29) is 12.5 Å². The second kappa shape index (κ2) is 4.90. The third-order valence-electron chi connectivity index (χ3n) is 3.04. The van der Waals surface area contributed by atoms with Gasteiger partial charge in [-0.15, -0.1) is 11.3 Å². The molecule has 0 saturated carbocycles. The fourth-order valence-electron chi connectivity index (χ4n) is 2.06. The normalized spacial score (nSPS) is 14.9. The minimum Gasteiger partial charge on any atom is -0.305 e. The molecular formula is C14H11BrN2OS. The lowest BCUT2D eigenvalue weighted by Crippen LogP contribution is -2.26. The van der Waals surface area contributed by atoms with E-state index in [2.05, 4.69) is 20.9 Å². The van der Waals surface area contributed by atoms with Crippen LogP contribution >= 0.6 is 27.3 Å². The van der Waals surface area contributed by atoms with Gasteiger partial charge in [0.1, 0.15) is 11.5 Å². The van der Waals surface area contributed by atoms with Crippen molar-refractivity contribution < 1.29 is 4.79 Å². The van der Waals surface area contributed by atoms with E-state index in [4.69, 9.17) is 0 Å². The predicted octanol–water partition coefficient (Wildman–Crippen LogP) is 3.32. The highest BCUT2D eigenvalue weighted by molar-refractivity contribution is 9.11. The second-order valence-electron chi connectivity index (χ2n) is 4.25. The van der Waals surface area contributed by atoms with Crippen molar-refractivity contribution in [1.82, 2.24) is 0 Å². The molecular weight excluding hydrogens is 324 g/mol. The van der Waals surface area contributed by atoms with Crippen LogP contribution < -0.4 is 4.90 Å². The zero-order valence-corrected chi connectivity index (χ0v) is 12.7. The third-order valence-corrected chi connectivity index (χ3v) is 4.75. The first kappa shape index (κ1) is 12.6. The Bertz CT molecular complexity index is 663. The largest absolute Gasteiger partial charge is 0.305 e. The number of likely N-dealkylation sites (N-methyl/N-ethyl adjacent to an activating group) is 1. The van der Waals surface area contributed by atoms with Crippen molar-refractivity contribution in [3.05, 3.63) is 51.3 Å². The molecule has 1 aromatic carbocycles. The number of anilines is 1. The van der Waals surface area contributed by atoms with Crippen LogP contribution in [-0.2, 0) is 4.79 Å². The maximum absolute atomic E-state index is 12.0. The Kier molecular flexibility index (Phi) is 3.24. The summed E-state index contributed by atoms with van der Waals surface area (Å²) in [7, 11) is 1.80. The minimum absolute atomic E-state index is 0.0153. The van der Waals surface area contributed by atoms with E-state index in [1.54, 1.807) is 23.3 Å². The lowest BCUT2D eigenvalue weighted by Gasteiger charge is -2.13. The number of carbonyl (C=O) groups excluding carboxylic acids is 1. The van der Waals surface area contributed by atoms with Gasteiger partial charge in [-0.2, -0.15) is 0 Å². The first-order chi connectivity index (χ1) is 9.16. The molecule has 2 heterocycles. The molecule has 0 unspecified atom stereocenters. The van der Waals surface area contributed by atoms with Crippen LogP contribution in [0.25, 0.3) is 0 Å². The van der Waals surface area contributed by atoms with Gasteiger partial charge in [0.05, 0.1) is 9.50 Å². The summed E-state index contributed by atoms with van der Waals surface area (Å²) in [6, 6.07) is 12.0. The SMILES string of the molecule is CN1C(=O)CN=C(c2ccccc2)c2cc(Br)sc21. The fraction of sp³-hybridized carbons (Fsp3) is 0.143. The Morgan fingerprint density at radius 1 is 1.32 bits per heavy atom. The van der Waals surface area contributed by atoms with Crippen molar-refractivity contribution in [2.45, 2.75) is 0 Å². The van der Waals surface area contributed by atoms with Gasteiger partial charge in [-0.3, -0.25) is 9.79 Å². The maximum Gasteiger partial charge on any atom is 0.249 e. The Morgan fingerprint density at radius 2 is 2.05 bits per heavy atom. The average Bonchev–Trinajstić information content (AvgIpc) is 2.76. The summed E-state index contributed by atoms with van der Waals surface area (Å²) in [6.07, 6.45) is 0. The van der Waals surface area contributed by atoms with Crippen LogP contribution in [0.15, 0.2) is 45.2 Å². The monoisotopic (exact) mass is 334 g/mol. The molecule has 1 aliphatic heterocycles. The summed E-state index contributed by atoms with van der Waals surface area (Å²) in [4.78, 5) is 18.1. The first-order valence-corrected chi connectivity index (χ1v) is 7.44. The molecule has 1 amide bonds. The van der Waals surface area contributed by atoms with Crippen LogP contribution in [-0.4, -0.2) is 25.2 Å². The number of aliphatic imine (C=N–C) groups is 1. The summed E-state index contributed by atoms with van der Waals surface area (Å²) in [5, 5.41) is 0.942. The molecule has 2 aromatic rings. The minimum atomic E-state index is 0.0153. The van der Waals surface area contributed by atoms with Crippen molar-refractivity contribution in [2.75, 3.05) is 18.5 Å². The van der Waals surface area contributed by atoms with E-state index in [1.807, 2.05) is 36.4 Å². The van der Waals surface area contributed by atoms with Gasteiger partial charge in [0.2, 0.25) is 5.91 Å². The van der Waals surface area contributed by atoms with Crippen LogP contribution in [0.2, 0.25) is 0 Å². The summed E-state index contributed by atoms with van der Waals surface area (Å²) in [5.41, 5.74) is 2.93.